The van der Waals surface area contributed by atoms with Crippen molar-refractivity contribution in [2.75, 3.05) is 5.73 Å². The number of rotatable bonds is 3. The van der Waals surface area contributed by atoms with Gasteiger partial charge in [-0.25, -0.2) is 19.9 Å². The monoisotopic (exact) mass is 392 g/mol. The Labute approximate surface area is 173 Å². The zero-order chi connectivity index (χ0) is 20.1. The van der Waals surface area contributed by atoms with Crippen molar-refractivity contribution in [3.63, 3.8) is 0 Å². The molecule has 1 saturated carbocycles. The van der Waals surface area contributed by atoms with Gasteiger partial charge in [-0.05, 0) is 30.9 Å². The van der Waals surface area contributed by atoms with Gasteiger partial charge in [0, 0.05) is 34.9 Å². The molecule has 6 heteroatoms. The summed E-state index contributed by atoms with van der Waals surface area (Å²) in [6.07, 6.45) is 9.23. The van der Waals surface area contributed by atoms with E-state index in [0.29, 0.717) is 11.9 Å². The summed E-state index contributed by atoms with van der Waals surface area (Å²) in [5.74, 6) is 1.24. The van der Waals surface area contributed by atoms with Gasteiger partial charge in [-0.15, -0.1) is 0 Å². The van der Waals surface area contributed by atoms with Crippen LogP contribution in [0.5, 0.6) is 0 Å². The molecule has 1 aliphatic rings. The number of nitrogen functional groups attached to an aromatic ring is 1. The highest BCUT2D eigenvalue weighted by Gasteiger charge is 2.24. The first-order valence-corrected chi connectivity index (χ1v) is 10.2. The lowest BCUT2D eigenvalue weighted by Gasteiger charge is -2.27. The molecule has 1 fully saturated rings. The molecule has 0 unspecified atom stereocenters. The lowest BCUT2D eigenvalue weighted by molar-refractivity contribution is 0.320. The third-order valence-corrected chi connectivity index (χ3v) is 6.03. The van der Waals surface area contributed by atoms with Gasteiger partial charge in [-0.2, -0.15) is 0 Å². The lowest BCUT2D eigenvalue weighted by Crippen LogP contribution is -2.16. The van der Waals surface area contributed by atoms with Gasteiger partial charge in [0.25, 0.3) is 0 Å². The number of anilines is 1. The molecular weight excluding hydrogens is 372 g/mol. The Bertz CT molecular complexity index is 1390. The number of fused-ring (bicyclic) bond motifs is 2. The summed E-state index contributed by atoms with van der Waals surface area (Å²) in [6, 6.07) is 16.8. The number of nitrogens with zero attached hydrogens (tertiary/aromatic N) is 5. The first-order chi connectivity index (χ1) is 14.8. The highest BCUT2D eigenvalue weighted by atomic mass is 15.1. The van der Waals surface area contributed by atoms with Crippen molar-refractivity contribution in [3.05, 3.63) is 67.3 Å². The summed E-state index contributed by atoms with van der Waals surface area (Å²) in [4.78, 5) is 18.2. The smallest absolute Gasteiger partial charge is 0.159 e. The van der Waals surface area contributed by atoms with Gasteiger partial charge in [-0.1, -0.05) is 42.5 Å². The molecule has 2 aromatic carbocycles. The maximum atomic E-state index is 6.29. The van der Waals surface area contributed by atoms with E-state index in [1.54, 1.807) is 6.33 Å². The zero-order valence-electron chi connectivity index (χ0n) is 16.4. The van der Waals surface area contributed by atoms with E-state index in [9.17, 15) is 0 Å². The van der Waals surface area contributed by atoms with Gasteiger partial charge in [0.05, 0.1) is 10.9 Å². The van der Waals surface area contributed by atoms with Crippen LogP contribution < -0.4 is 5.73 Å². The van der Waals surface area contributed by atoms with Crippen LogP contribution in [-0.2, 0) is 0 Å². The molecule has 0 amide bonds. The molecule has 6 nitrogen and oxygen atoms in total. The van der Waals surface area contributed by atoms with Gasteiger partial charge in [-0.3, -0.25) is 0 Å². The van der Waals surface area contributed by atoms with Gasteiger partial charge >= 0.3 is 0 Å². The number of hydrogen-bond acceptors (Lipinski definition) is 5. The quantitative estimate of drug-likeness (QED) is 0.466. The van der Waals surface area contributed by atoms with Gasteiger partial charge in [0.2, 0.25) is 0 Å². The molecule has 3 heterocycles. The average Bonchev–Trinajstić information content (AvgIpc) is 3.13. The van der Waals surface area contributed by atoms with Crippen molar-refractivity contribution >= 4 is 27.8 Å². The molecule has 2 N–H and O–H groups in total. The predicted molar refractivity (Wildman–Crippen MR) is 119 cm³/mol. The van der Waals surface area contributed by atoms with Crippen LogP contribution in [0.25, 0.3) is 44.5 Å². The molecule has 0 saturated heterocycles. The fraction of sp³-hybridized carbons (Fsp3) is 0.167. The fourth-order valence-electron chi connectivity index (χ4n) is 4.19. The van der Waals surface area contributed by atoms with E-state index in [1.807, 2.05) is 36.5 Å². The largest absolute Gasteiger partial charge is 0.383 e. The van der Waals surface area contributed by atoms with Crippen LogP contribution in [0.3, 0.4) is 0 Å². The van der Waals surface area contributed by atoms with E-state index in [4.69, 9.17) is 10.7 Å². The maximum absolute atomic E-state index is 6.29. The minimum atomic E-state index is 0.489. The molecule has 3 aromatic heterocycles. The van der Waals surface area contributed by atoms with Crippen LogP contribution in [0.15, 0.2) is 67.3 Å². The zero-order valence-corrected chi connectivity index (χ0v) is 16.4. The number of benzene rings is 2. The third-order valence-electron chi connectivity index (χ3n) is 6.03. The van der Waals surface area contributed by atoms with Crippen LogP contribution in [0.1, 0.15) is 25.3 Å². The summed E-state index contributed by atoms with van der Waals surface area (Å²) in [6.45, 7) is 0. The molecule has 1 aliphatic carbocycles. The normalized spacial score (nSPS) is 14.3. The molecule has 146 valence electrons. The number of aromatic nitrogens is 5. The highest BCUT2D eigenvalue weighted by Crippen LogP contribution is 2.40. The SMILES string of the molecule is Nc1ncnc2c1c(-c1ccc3cnc(-c4ccccc4)nc3c1)cn2C1CCC1. The second-order valence-electron chi connectivity index (χ2n) is 7.83. The number of nitrogens with two attached hydrogens (primary N) is 1. The highest BCUT2D eigenvalue weighted by molar-refractivity contribution is 6.02. The van der Waals surface area contributed by atoms with Crippen molar-refractivity contribution < 1.29 is 0 Å². The Kier molecular flexibility index (Phi) is 3.77. The van der Waals surface area contributed by atoms with Gasteiger partial charge in [0.15, 0.2) is 5.82 Å². The van der Waals surface area contributed by atoms with Gasteiger partial charge in [0.1, 0.15) is 17.8 Å². The molecule has 0 spiro atoms. The number of hydrogen-bond donors (Lipinski definition) is 1. The van der Waals surface area contributed by atoms with Crippen molar-refractivity contribution in [2.45, 2.75) is 25.3 Å². The van der Waals surface area contributed by atoms with E-state index < -0.39 is 0 Å². The standard InChI is InChI=1S/C24H20N6/c25-22-21-19(13-30(18-7-4-8-18)24(21)28-14-27-22)16-9-10-17-12-26-23(29-20(17)11-16)15-5-2-1-3-6-15/h1-3,5-6,9-14,18H,4,7-8H2,(H2,25,27,28). The van der Waals surface area contributed by atoms with E-state index in [1.165, 1.54) is 19.3 Å². The molecule has 6 rings (SSSR count). The third kappa shape index (κ3) is 2.64. The minimum Gasteiger partial charge on any atom is -0.383 e. The van der Waals surface area contributed by atoms with Crippen molar-refractivity contribution in [1.82, 2.24) is 24.5 Å². The molecule has 0 bridgehead atoms. The van der Waals surface area contributed by atoms with Crippen molar-refractivity contribution in [2.24, 2.45) is 0 Å². The summed E-state index contributed by atoms with van der Waals surface area (Å²) in [7, 11) is 0. The van der Waals surface area contributed by atoms with Gasteiger partial charge < -0.3 is 10.3 Å². The van der Waals surface area contributed by atoms with E-state index in [-0.39, 0.29) is 0 Å². The minimum absolute atomic E-state index is 0.489. The first kappa shape index (κ1) is 17.1. The Hall–Kier alpha value is -3.80. The Balaban J connectivity index is 1.53. The summed E-state index contributed by atoms with van der Waals surface area (Å²) < 4.78 is 2.27. The first-order valence-electron chi connectivity index (χ1n) is 10.2. The van der Waals surface area contributed by atoms with Crippen molar-refractivity contribution in [3.8, 4) is 22.5 Å². The summed E-state index contributed by atoms with van der Waals surface area (Å²) in [5, 5.41) is 1.92. The Morgan fingerprint density at radius 2 is 1.80 bits per heavy atom. The topological polar surface area (TPSA) is 82.5 Å². The van der Waals surface area contributed by atoms with Crippen LogP contribution in [0, 0.1) is 0 Å². The summed E-state index contributed by atoms with van der Waals surface area (Å²) >= 11 is 0. The summed E-state index contributed by atoms with van der Waals surface area (Å²) in [5.41, 5.74) is 11.2. The molecule has 5 aromatic rings. The van der Waals surface area contributed by atoms with Crippen LogP contribution in [0.4, 0.5) is 5.82 Å². The van der Waals surface area contributed by atoms with Crippen molar-refractivity contribution in [1.29, 1.82) is 0 Å². The van der Waals surface area contributed by atoms with Crippen LogP contribution in [-0.4, -0.2) is 24.5 Å². The van der Waals surface area contributed by atoms with Crippen LogP contribution in [0.2, 0.25) is 0 Å². The molecular formula is C24H20N6. The Morgan fingerprint density at radius 1 is 0.933 bits per heavy atom. The van der Waals surface area contributed by atoms with E-state index in [0.717, 1.165) is 44.5 Å². The fourth-order valence-corrected chi connectivity index (χ4v) is 4.19. The second-order valence-corrected chi connectivity index (χ2v) is 7.83. The second kappa shape index (κ2) is 6.62. The molecule has 0 radical (unpaired) electrons. The molecule has 0 atom stereocenters. The van der Waals surface area contributed by atoms with E-state index in [2.05, 4.69) is 43.9 Å². The Morgan fingerprint density at radius 3 is 2.60 bits per heavy atom. The van der Waals surface area contributed by atoms with E-state index >= 15 is 0 Å². The maximum Gasteiger partial charge on any atom is 0.159 e. The molecule has 0 aliphatic heterocycles. The average molecular weight is 392 g/mol. The van der Waals surface area contributed by atoms with Crippen LogP contribution >= 0.6 is 0 Å². The molecule has 30 heavy (non-hydrogen) atoms. The predicted octanol–water partition coefficient (Wildman–Crippen LogP) is 5.02. The lowest BCUT2D eigenvalue weighted by atomic mass is 9.93.